The maximum Gasteiger partial charge on any atom is 0.265 e. The smallest absolute Gasteiger partial charge is 0.265 e. The van der Waals surface area contributed by atoms with Crippen LogP contribution in [0.1, 0.15) is 165 Å². The first kappa shape index (κ1) is 112. The van der Waals surface area contributed by atoms with Crippen LogP contribution in [0.4, 0.5) is 68.2 Å². The molecule has 12 N–H and O–H groups in total. The van der Waals surface area contributed by atoms with Crippen LogP contribution < -0.4 is 89.8 Å². The van der Waals surface area contributed by atoms with E-state index in [2.05, 4.69) is 66.4 Å². The van der Waals surface area contributed by atoms with Crippen molar-refractivity contribution in [2.45, 2.75) is 105 Å². The number of aromatic nitrogens is 1. The Hall–Kier alpha value is -12.9. The topological polar surface area (TPSA) is 452 Å². The number of methoxy groups -OCH3 is 6. The molecule has 770 valence electrons. The molecule has 14 aromatic rings. The number of anilines is 12. The molecular formula is C101H112Cl3N13O20S8. The van der Waals surface area contributed by atoms with Crippen LogP contribution >= 0.6 is 80.1 Å². The number of rotatable bonds is 28. The van der Waals surface area contributed by atoms with E-state index in [4.69, 9.17) is 63.2 Å². The maximum absolute atomic E-state index is 13.5. The van der Waals surface area contributed by atoms with Crippen LogP contribution in [-0.4, -0.2) is 156 Å². The zero-order valence-electron chi connectivity index (χ0n) is 83.7. The van der Waals surface area contributed by atoms with Gasteiger partial charge in [0.25, 0.3) is 35.4 Å². The third-order valence-corrected chi connectivity index (χ3v) is 29.6. The monoisotopic (exact) mass is 2190 g/mol. The number of benzene rings is 9. The summed E-state index contributed by atoms with van der Waals surface area (Å²) in [4.78, 5) is 84.8. The third-order valence-electron chi connectivity index (χ3n) is 21.7. The molecule has 5 heterocycles. The number of carbonyl (C=O) groups excluding carboxylic acids is 6. The van der Waals surface area contributed by atoms with Gasteiger partial charge in [-0.05, 0) is 200 Å². The predicted molar refractivity (Wildman–Crippen MR) is 594 cm³/mol. The van der Waals surface area contributed by atoms with E-state index in [0.717, 1.165) is 95.5 Å². The first-order chi connectivity index (χ1) is 67.6. The lowest BCUT2D eigenvalue weighted by molar-refractivity contribution is 0.101. The second-order valence-electron chi connectivity index (χ2n) is 37.2. The normalized spacial score (nSPS) is 11.8. The average molecular weight is 2190 g/mol. The van der Waals surface area contributed by atoms with Gasteiger partial charge in [-0.2, -0.15) is 0 Å². The van der Waals surface area contributed by atoms with Crippen molar-refractivity contribution in [2.24, 2.45) is 0 Å². The minimum atomic E-state index is -3.62. The van der Waals surface area contributed by atoms with Gasteiger partial charge in [0, 0.05) is 52.3 Å². The van der Waals surface area contributed by atoms with Crippen LogP contribution in [0, 0.1) is 0 Å². The molecule has 0 fully saturated rings. The Kier molecular flexibility index (Phi) is 35.2. The molecule has 9 aromatic carbocycles. The van der Waals surface area contributed by atoms with E-state index < -0.39 is 57.8 Å². The van der Waals surface area contributed by atoms with E-state index in [1.165, 1.54) is 82.9 Å². The Bertz CT molecular complexity index is 7870. The number of pyridine rings is 1. The van der Waals surface area contributed by atoms with Crippen molar-refractivity contribution in [3.05, 3.63) is 238 Å². The lowest BCUT2D eigenvalue weighted by atomic mass is 9.86. The van der Waals surface area contributed by atoms with Crippen molar-refractivity contribution in [2.75, 3.05) is 143 Å². The van der Waals surface area contributed by atoms with Crippen LogP contribution in [0.2, 0.25) is 15.1 Å². The summed E-state index contributed by atoms with van der Waals surface area (Å²) in [6, 6.07) is 45.1. The Morgan fingerprint density at radius 2 is 0.655 bits per heavy atom. The fraction of sp³-hybridized carbons (Fsp3) is 0.277. The molecule has 0 unspecified atom stereocenters. The fourth-order valence-electron chi connectivity index (χ4n) is 14.6. The summed E-state index contributed by atoms with van der Waals surface area (Å²) in [5, 5.41) is 28.0. The van der Waals surface area contributed by atoms with Crippen LogP contribution in [-0.2, 0) is 61.8 Å². The molecule has 145 heavy (non-hydrogen) atoms. The highest BCUT2D eigenvalue weighted by atomic mass is 35.5. The summed E-state index contributed by atoms with van der Waals surface area (Å²) in [5.74, 6) is -0.578. The number of halogens is 3. The standard InChI is InChI=1S/C30H33N3O7S2.C27H27ClN4O5S2.2C22H26ClN3O4S2/c1-30(2,3)18-14-22(26(40-6)23(15-18)33-42(7,36)37)32-29(35)25-13-17-9-8-10-21(27(17)41-25)31-28(34)20-16-19(38-4)11-12-24(20)39-5;1-27(2,3)16-11-20(23(37-4)21(12-16)32-39(5,35)36)31-26(34)22-13-17-18(28)8-9-19(24(17)38-22)30-25(33)15-7-6-10-29-14-15;1-22(2,3)13-9-15(19(30-5)16(10-13)26-32(6,28)29)25-21(27)18-8-12-7-14(23)11-17(24-4)20(12)31-18;1-22(2,3)12-9-16(19(30-5)17(10-12)26-32(6,28)29)25-21(27)18-11-13-14(23)7-8-15(24-4)20(13)31-18/h8-16,33H,1-7H3,(H,31,34)(H,32,35);6-14,32H,1-5H3,(H,30,33)(H,31,34);2*7-11,24,26H,1-6H3,(H,25,27). The molecule has 5 aromatic heterocycles. The molecule has 0 aliphatic heterocycles. The Balaban J connectivity index is 0.000000185. The molecule has 0 aliphatic carbocycles. The number of ether oxygens (including phenoxy) is 6. The first-order valence-electron chi connectivity index (χ1n) is 44.0. The van der Waals surface area contributed by atoms with Gasteiger partial charge in [-0.15, -0.1) is 45.3 Å². The number of nitrogens with one attached hydrogen (secondary N) is 12. The highest BCUT2D eigenvalue weighted by Crippen LogP contribution is 2.48. The number of amides is 6. The van der Waals surface area contributed by atoms with Gasteiger partial charge < -0.3 is 71.0 Å². The number of hydrogen-bond acceptors (Lipinski definition) is 27. The molecule has 0 spiro atoms. The van der Waals surface area contributed by atoms with Crippen LogP contribution in [0.3, 0.4) is 0 Å². The molecule has 0 saturated heterocycles. The van der Waals surface area contributed by atoms with Crippen molar-refractivity contribution in [1.29, 1.82) is 0 Å². The van der Waals surface area contributed by atoms with Crippen molar-refractivity contribution in [3.8, 4) is 34.5 Å². The van der Waals surface area contributed by atoms with E-state index in [9.17, 15) is 62.4 Å². The summed E-state index contributed by atoms with van der Waals surface area (Å²) >= 11 is 24.0. The van der Waals surface area contributed by atoms with Crippen molar-refractivity contribution < 1.29 is 90.9 Å². The molecule has 0 bridgehead atoms. The first-order valence-corrected chi connectivity index (χ1v) is 56.0. The van der Waals surface area contributed by atoms with E-state index in [0.29, 0.717) is 106 Å². The summed E-state index contributed by atoms with van der Waals surface area (Å²) in [6.45, 7) is 23.8. The average Bonchev–Trinajstić information content (AvgIpc) is 1.67. The molecule has 0 saturated carbocycles. The highest BCUT2D eigenvalue weighted by Gasteiger charge is 2.31. The fourth-order valence-corrected chi connectivity index (χ4v) is 21.8. The largest absolute Gasteiger partial charge is 0.497 e. The number of carbonyl (C=O) groups is 6. The minimum absolute atomic E-state index is 0.172. The van der Waals surface area contributed by atoms with Gasteiger partial charge in [-0.1, -0.05) is 130 Å². The second-order valence-corrected chi connectivity index (χ2v) is 49.6. The molecule has 44 heteroatoms. The lowest BCUT2D eigenvalue weighted by Gasteiger charge is -2.23. The highest BCUT2D eigenvalue weighted by molar-refractivity contribution is 7.92. The number of hydrogen-bond donors (Lipinski definition) is 12. The van der Waals surface area contributed by atoms with E-state index in [1.807, 2.05) is 95.2 Å². The molecule has 6 amide bonds. The number of sulfonamides is 4. The quantitative estimate of drug-likeness (QED) is 0.0217. The lowest BCUT2D eigenvalue weighted by Crippen LogP contribution is -2.18. The summed E-state index contributed by atoms with van der Waals surface area (Å²) < 4.78 is 141. The maximum atomic E-state index is 13.5. The van der Waals surface area contributed by atoms with Gasteiger partial charge in [0.05, 0.1) is 185 Å². The number of nitrogens with zero attached hydrogens (tertiary/aromatic N) is 1. The van der Waals surface area contributed by atoms with E-state index in [1.54, 1.807) is 166 Å². The van der Waals surface area contributed by atoms with E-state index in [-0.39, 0.29) is 85.1 Å². The SMILES string of the molecule is CNc1cc(Cl)cc2cc(C(=O)Nc3cc(C(C)(C)C)cc(NS(C)(=O)=O)c3OC)sc12.CNc1ccc(Cl)c2cc(C(=O)Nc3cc(C(C)(C)C)cc(NS(C)(=O)=O)c3OC)sc12.COc1c(NC(=O)c2cc3c(Cl)ccc(NC(=O)c4cccnc4)c3s2)cc(C(C)(C)C)cc1NS(C)(=O)=O.COc1ccc(OC)c(C(=O)Nc2cccc3cc(C(=O)Nc4cc(C(C)(C)C)cc(NS(C)(=O)=O)c4OC)sc23)c1. The summed E-state index contributed by atoms with van der Waals surface area (Å²) in [7, 11) is -2.11. The summed E-state index contributed by atoms with van der Waals surface area (Å²) in [6.07, 6.45) is 7.26. The molecule has 0 atom stereocenters. The molecule has 0 aliphatic rings. The molecule has 33 nitrogen and oxygen atoms in total. The van der Waals surface area contributed by atoms with Crippen molar-refractivity contribution in [3.63, 3.8) is 0 Å². The van der Waals surface area contributed by atoms with Gasteiger partial charge in [0.15, 0.2) is 23.0 Å². The number of thiophene rings is 4. The predicted octanol–water partition coefficient (Wildman–Crippen LogP) is 23.3. The Labute approximate surface area is 873 Å². The minimum Gasteiger partial charge on any atom is -0.497 e. The van der Waals surface area contributed by atoms with Crippen LogP contribution in [0.15, 0.2) is 170 Å². The van der Waals surface area contributed by atoms with Gasteiger partial charge in [0.1, 0.15) is 11.5 Å². The van der Waals surface area contributed by atoms with Crippen molar-refractivity contribution in [1.82, 2.24) is 4.98 Å². The second kappa shape index (κ2) is 45.4. The molecule has 0 radical (unpaired) electrons. The van der Waals surface area contributed by atoms with Gasteiger partial charge in [-0.3, -0.25) is 52.6 Å². The Morgan fingerprint density at radius 3 is 1.01 bits per heavy atom. The van der Waals surface area contributed by atoms with Crippen molar-refractivity contribution >= 4 is 264 Å². The van der Waals surface area contributed by atoms with E-state index >= 15 is 0 Å². The zero-order valence-corrected chi connectivity index (χ0v) is 92.5. The van der Waals surface area contributed by atoms with Crippen LogP contribution in [0.25, 0.3) is 40.3 Å². The molecular weight excluding hydrogens is 2080 g/mol. The number of fused-ring (bicyclic) bond motifs is 4. The van der Waals surface area contributed by atoms with Gasteiger partial charge >= 0.3 is 0 Å². The van der Waals surface area contributed by atoms with Gasteiger partial charge in [0.2, 0.25) is 40.1 Å². The Morgan fingerprint density at radius 1 is 0.317 bits per heavy atom. The molecule has 14 rings (SSSR count). The van der Waals surface area contributed by atoms with Crippen LogP contribution in [0.5, 0.6) is 34.5 Å². The summed E-state index contributed by atoms with van der Waals surface area (Å²) in [5.41, 5.74) is 7.67. The third kappa shape index (κ3) is 28.6. The zero-order chi connectivity index (χ0) is 107. The van der Waals surface area contributed by atoms with Gasteiger partial charge in [-0.25, -0.2) is 33.7 Å².